The third-order valence-corrected chi connectivity index (χ3v) is 2.92. The number of nitrogens with one attached hydrogen (secondary N) is 1. The number of rotatable bonds is 4. The Labute approximate surface area is 127 Å². The highest BCUT2D eigenvalue weighted by molar-refractivity contribution is 6.29. The normalized spacial score (nSPS) is 10.1. The maximum absolute atomic E-state index is 5.78. The lowest BCUT2D eigenvalue weighted by atomic mass is 10.3. The summed E-state index contributed by atoms with van der Waals surface area (Å²) in [6.07, 6.45) is 0. The number of anilines is 2. The molecule has 0 aliphatic heterocycles. The highest BCUT2D eigenvalue weighted by atomic mass is 35.5. The minimum absolute atomic E-state index is 0.363. The van der Waals surface area contributed by atoms with E-state index in [-0.39, 0.29) is 0 Å². The number of benzene rings is 2. The molecule has 1 heterocycles. The molecule has 4 nitrogen and oxygen atoms in total. The molecule has 3 aromatic rings. The quantitative estimate of drug-likeness (QED) is 0.760. The summed E-state index contributed by atoms with van der Waals surface area (Å²) in [6, 6.07) is 20.7. The van der Waals surface area contributed by atoms with Gasteiger partial charge in [0.2, 0.25) is 0 Å². The lowest BCUT2D eigenvalue weighted by molar-refractivity contribution is 0.483. The van der Waals surface area contributed by atoms with Gasteiger partial charge in [-0.15, -0.1) is 10.2 Å². The highest BCUT2D eigenvalue weighted by Gasteiger charge is 2.01. The van der Waals surface area contributed by atoms with Crippen LogP contribution in [0, 0.1) is 0 Å². The topological polar surface area (TPSA) is 47.0 Å². The Morgan fingerprint density at radius 2 is 1.62 bits per heavy atom. The van der Waals surface area contributed by atoms with E-state index in [4.69, 9.17) is 16.3 Å². The van der Waals surface area contributed by atoms with E-state index in [2.05, 4.69) is 15.5 Å². The molecule has 21 heavy (non-hydrogen) atoms. The fourth-order valence-corrected chi connectivity index (χ4v) is 1.89. The van der Waals surface area contributed by atoms with E-state index in [9.17, 15) is 0 Å². The predicted molar refractivity (Wildman–Crippen MR) is 83.3 cm³/mol. The number of hydrogen-bond acceptors (Lipinski definition) is 4. The van der Waals surface area contributed by atoms with Crippen LogP contribution in [0.3, 0.4) is 0 Å². The zero-order chi connectivity index (χ0) is 14.5. The second kappa shape index (κ2) is 6.24. The van der Waals surface area contributed by atoms with Gasteiger partial charge in [-0.2, -0.15) is 0 Å². The van der Waals surface area contributed by atoms with E-state index in [1.165, 1.54) is 0 Å². The zero-order valence-corrected chi connectivity index (χ0v) is 11.8. The fourth-order valence-electron chi connectivity index (χ4n) is 1.79. The van der Waals surface area contributed by atoms with Gasteiger partial charge >= 0.3 is 0 Å². The molecule has 0 aliphatic rings. The lowest BCUT2D eigenvalue weighted by Crippen LogP contribution is -1.95. The number of aromatic nitrogens is 2. The van der Waals surface area contributed by atoms with Gasteiger partial charge in [-0.3, -0.25) is 0 Å². The van der Waals surface area contributed by atoms with Crippen LogP contribution >= 0.6 is 11.6 Å². The highest BCUT2D eigenvalue weighted by Crippen LogP contribution is 2.25. The van der Waals surface area contributed by atoms with E-state index in [1.807, 2.05) is 54.6 Å². The number of para-hydroxylation sites is 1. The molecule has 0 spiro atoms. The molecule has 2 aromatic carbocycles. The standard InChI is InChI=1S/C16H12ClN3O/c17-15-9-10-16(20-19-15)18-12-5-4-8-14(11-12)21-13-6-2-1-3-7-13/h1-11H,(H,18,20). The molecule has 3 rings (SSSR count). The number of halogens is 1. The van der Waals surface area contributed by atoms with Gasteiger partial charge in [-0.05, 0) is 36.4 Å². The van der Waals surface area contributed by atoms with Gasteiger partial charge in [0, 0.05) is 11.8 Å². The van der Waals surface area contributed by atoms with E-state index >= 15 is 0 Å². The molecule has 5 heteroatoms. The van der Waals surface area contributed by atoms with Gasteiger partial charge < -0.3 is 10.1 Å². The smallest absolute Gasteiger partial charge is 0.153 e. The van der Waals surface area contributed by atoms with E-state index in [0.717, 1.165) is 17.2 Å². The molecule has 0 saturated carbocycles. The first-order valence-electron chi connectivity index (χ1n) is 6.39. The largest absolute Gasteiger partial charge is 0.457 e. The van der Waals surface area contributed by atoms with Crippen LogP contribution in [0.4, 0.5) is 11.5 Å². The van der Waals surface area contributed by atoms with Crippen molar-refractivity contribution in [1.82, 2.24) is 10.2 Å². The summed E-state index contributed by atoms with van der Waals surface area (Å²) in [5, 5.41) is 11.2. The van der Waals surface area contributed by atoms with Crippen molar-refractivity contribution >= 4 is 23.1 Å². The molecular formula is C16H12ClN3O. The first-order chi connectivity index (χ1) is 10.3. The second-order valence-electron chi connectivity index (χ2n) is 4.31. The Morgan fingerprint density at radius 3 is 2.38 bits per heavy atom. The molecule has 0 fully saturated rings. The van der Waals surface area contributed by atoms with E-state index in [1.54, 1.807) is 12.1 Å². The average Bonchev–Trinajstić information content (AvgIpc) is 2.51. The lowest BCUT2D eigenvalue weighted by Gasteiger charge is -2.08. The molecule has 0 radical (unpaired) electrons. The van der Waals surface area contributed by atoms with Crippen molar-refractivity contribution in [2.75, 3.05) is 5.32 Å². The Hall–Kier alpha value is -2.59. The minimum Gasteiger partial charge on any atom is -0.457 e. The van der Waals surface area contributed by atoms with Crippen LogP contribution in [0.5, 0.6) is 11.5 Å². The van der Waals surface area contributed by atoms with Crippen LogP contribution < -0.4 is 10.1 Å². The number of hydrogen-bond donors (Lipinski definition) is 1. The number of nitrogens with zero attached hydrogens (tertiary/aromatic N) is 2. The third-order valence-electron chi connectivity index (χ3n) is 2.72. The Kier molecular flexibility index (Phi) is 3.98. The van der Waals surface area contributed by atoms with Crippen molar-refractivity contribution < 1.29 is 4.74 Å². The van der Waals surface area contributed by atoms with Crippen molar-refractivity contribution in [2.45, 2.75) is 0 Å². The van der Waals surface area contributed by atoms with E-state index in [0.29, 0.717) is 11.0 Å². The maximum Gasteiger partial charge on any atom is 0.153 e. The summed E-state index contributed by atoms with van der Waals surface area (Å²) in [5.74, 6) is 2.16. The Morgan fingerprint density at radius 1 is 0.810 bits per heavy atom. The third kappa shape index (κ3) is 3.70. The molecule has 1 N–H and O–H groups in total. The molecular weight excluding hydrogens is 286 g/mol. The zero-order valence-electron chi connectivity index (χ0n) is 11.0. The monoisotopic (exact) mass is 297 g/mol. The molecule has 0 atom stereocenters. The fraction of sp³-hybridized carbons (Fsp3) is 0. The van der Waals surface area contributed by atoms with Crippen LogP contribution in [-0.4, -0.2) is 10.2 Å². The van der Waals surface area contributed by atoms with Gasteiger partial charge in [0.1, 0.15) is 11.5 Å². The minimum atomic E-state index is 0.363. The molecule has 0 amide bonds. The number of ether oxygens (including phenoxy) is 1. The van der Waals surface area contributed by atoms with Crippen LogP contribution in [0.1, 0.15) is 0 Å². The maximum atomic E-state index is 5.78. The van der Waals surface area contributed by atoms with Crippen LogP contribution in [-0.2, 0) is 0 Å². The van der Waals surface area contributed by atoms with Crippen molar-refractivity contribution in [3.05, 3.63) is 71.9 Å². The molecule has 0 unspecified atom stereocenters. The average molecular weight is 298 g/mol. The summed E-state index contributed by atoms with van der Waals surface area (Å²) < 4.78 is 5.78. The van der Waals surface area contributed by atoms with Gasteiger partial charge in [-0.1, -0.05) is 35.9 Å². The molecule has 0 bridgehead atoms. The molecule has 104 valence electrons. The van der Waals surface area contributed by atoms with Gasteiger partial charge in [0.15, 0.2) is 11.0 Å². The van der Waals surface area contributed by atoms with Gasteiger partial charge in [0.25, 0.3) is 0 Å². The van der Waals surface area contributed by atoms with Crippen LogP contribution in [0.2, 0.25) is 5.15 Å². The van der Waals surface area contributed by atoms with Crippen molar-refractivity contribution in [1.29, 1.82) is 0 Å². The SMILES string of the molecule is Clc1ccc(Nc2cccc(Oc3ccccc3)c2)nn1. The van der Waals surface area contributed by atoms with Gasteiger partial charge in [0.05, 0.1) is 0 Å². The summed E-state index contributed by atoms with van der Waals surface area (Å²) in [7, 11) is 0. The summed E-state index contributed by atoms with van der Waals surface area (Å²) >= 11 is 5.71. The summed E-state index contributed by atoms with van der Waals surface area (Å²) in [5.41, 5.74) is 0.861. The first kappa shape index (κ1) is 13.4. The van der Waals surface area contributed by atoms with Crippen molar-refractivity contribution in [3.8, 4) is 11.5 Å². The van der Waals surface area contributed by atoms with Crippen molar-refractivity contribution in [2.24, 2.45) is 0 Å². The van der Waals surface area contributed by atoms with Crippen LogP contribution in [0.25, 0.3) is 0 Å². The molecule has 0 saturated heterocycles. The summed E-state index contributed by atoms with van der Waals surface area (Å²) in [4.78, 5) is 0. The predicted octanol–water partition coefficient (Wildman–Crippen LogP) is 4.67. The van der Waals surface area contributed by atoms with Crippen LogP contribution in [0.15, 0.2) is 66.7 Å². The first-order valence-corrected chi connectivity index (χ1v) is 6.77. The summed E-state index contributed by atoms with van der Waals surface area (Å²) in [6.45, 7) is 0. The molecule has 0 aliphatic carbocycles. The van der Waals surface area contributed by atoms with Crippen molar-refractivity contribution in [3.63, 3.8) is 0 Å². The van der Waals surface area contributed by atoms with E-state index < -0.39 is 0 Å². The van der Waals surface area contributed by atoms with Gasteiger partial charge in [-0.25, -0.2) is 0 Å². The Balaban J connectivity index is 1.75. The second-order valence-corrected chi connectivity index (χ2v) is 4.70. The Bertz CT molecular complexity index is 717. The molecule has 1 aromatic heterocycles.